The topological polar surface area (TPSA) is 90.9 Å². The fraction of sp³-hybridized carbons (Fsp3) is 0.350. The van der Waals surface area contributed by atoms with Crippen LogP contribution in [0.4, 0.5) is 0 Å². The van der Waals surface area contributed by atoms with E-state index in [9.17, 15) is 13.2 Å². The predicted octanol–water partition coefficient (Wildman–Crippen LogP) is 2.57. The number of fused-ring (bicyclic) bond motifs is 1. The van der Waals surface area contributed by atoms with Crippen molar-refractivity contribution in [3.05, 3.63) is 53.6 Å². The lowest BCUT2D eigenvalue weighted by atomic mass is 10.2. The summed E-state index contributed by atoms with van der Waals surface area (Å²) in [5, 5.41) is 0. The molecule has 2 aromatic rings. The minimum absolute atomic E-state index is 0.0960. The average Bonchev–Trinajstić information content (AvgIpc) is 2.70. The fourth-order valence-corrected chi connectivity index (χ4v) is 3.72. The number of aryl methyl sites for hydroxylation is 1. The molecule has 0 saturated carbocycles. The molecule has 8 heteroatoms. The molecule has 0 fully saturated rings. The summed E-state index contributed by atoms with van der Waals surface area (Å²) in [6.07, 6.45) is 0.478. The number of carbonyl (C=O) groups excluding carboxylic acids is 1. The van der Waals surface area contributed by atoms with Crippen LogP contribution in [0.15, 0.2) is 47.4 Å². The van der Waals surface area contributed by atoms with Gasteiger partial charge < -0.3 is 14.2 Å². The van der Waals surface area contributed by atoms with Gasteiger partial charge in [-0.1, -0.05) is 29.8 Å². The molecule has 0 unspecified atom stereocenters. The van der Waals surface area contributed by atoms with Gasteiger partial charge in [-0.2, -0.15) is 0 Å². The molecule has 150 valence electrons. The molecule has 0 saturated heterocycles. The maximum Gasteiger partial charge on any atom is 0.306 e. The van der Waals surface area contributed by atoms with Crippen LogP contribution >= 0.6 is 0 Å². The van der Waals surface area contributed by atoms with Crippen molar-refractivity contribution >= 4 is 16.0 Å². The number of hydrogen-bond acceptors (Lipinski definition) is 6. The van der Waals surface area contributed by atoms with Gasteiger partial charge in [-0.05, 0) is 31.0 Å². The van der Waals surface area contributed by atoms with Gasteiger partial charge in [0.2, 0.25) is 10.0 Å². The Balaban J connectivity index is 1.42. The van der Waals surface area contributed by atoms with Gasteiger partial charge in [0.15, 0.2) is 11.5 Å². The second kappa shape index (κ2) is 9.07. The zero-order valence-corrected chi connectivity index (χ0v) is 16.5. The maximum atomic E-state index is 12.4. The van der Waals surface area contributed by atoms with Crippen molar-refractivity contribution < 1.29 is 27.4 Å². The van der Waals surface area contributed by atoms with E-state index in [-0.39, 0.29) is 30.4 Å². The molecule has 1 N–H and O–H groups in total. The van der Waals surface area contributed by atoms with Crippen molar-refractivity contribution in [1.82, 2.24) is 4.72 Å². The Kier molecular flexibility index (Phi) is 6.53. The van der Waals surface area contributed by atoms with Crippen molar-refractivity contribution in [1.29, 1.82) is 0 Å². The van der Waals surface area contributed by atoms with E-state index in [0.717, 1.165) is 11.1 Å². The SMILES string of the molecule is Cc1ccc(COC(=O)CCCNS(=O)(=O)c2ccc3c(c2)OCCO3)cc1. The van der Waals surface area contributed by atoms with Gasteiger partial charge in [-0.15, -0.1) is 0 Å². The number of esters is 1. The quantitative estimate of drug-likeness (QED) is 0.536. The largest absolute Gasteiger partial charge is 0.486 e. The van der Waals surface area contributed by atoms with Crippen LogP contribution < -0.4 is 14.2 Å². The third kappa shape index (κ3) is 5.46. The molecule has 0 aliphatic carbocycles. The first-order chi connectivity index (χ1) is 13.4. The lowest BCUT2D eigenvalue weighted by molar-refractivity contribution is -0.145. The molecule has 28 heavy (non-hydrogen) atoms. The fourth-order valence-electron chi connectivity index (χ4n) is 2.63. The van der Waals surface area contributed by atoms with Gasteiger partial charge in [0.1, 0.15) is 19.8 Å². The molecule has 2 aromatic carbocycles. The molecule has 0 atom stereocenters. The van der Waals surface area contributed by atoms with Gasteiger partial charge in [0.25, 0.3) is 0 Å². The molecule has 1 aliphatic rings. The standard InChI is InChI=1S/C20H23NO6S/c1-15-4-6-16(7-5-15)14-27-20(22)3-2-10-21-28(23,24)17-8-9-18-19(13-17)26-12-11-25-18/h4-9,13,21H,2-3,10-12,14H2,1H3. The minimum Gasteiger partial charge on any atom is -0.486 e. The summed E-state index contributed by atoms with van der Waals surface area (Å²) in [6.45, 7) is 3.16. The van der Waals surface area contributed by atoms with E-state index in [2.05, 4.69) is 4.72 Å². The third-order valence-electron chi connectivity index (χ3n) is 4.19. The lowest BCUT2D eigenvalue weighted by Gasteiger charge is -2.18. The Labute approximate surface area is 164 Å². The van der Waals surface area contributed by atoms with Gasteiger partial charge in [-0.25, -0.2) is 13.1 Å². The van der Waals surface area contributed by atoms with Crippen LogP contribution in [0.2, 0.25) is 0 Å². The molecule has 0 amide bonds. The van der Waals surface area contributed by atoms with Gasteiger partial charge in [-0.3, -0.25) is 4.79 Å². The van der Waals surface area contributed by atoms with Crippen LogP contribution in [0.5, 0.6) is 11.5 Å². The number of rotatable bonds is 8. The van der Waals surface area contributed by atoms with Crippen LogP contribution in [0.3, 0.4) is 0 Å². The zero-order chi connectivity index (χ0) is 20.0. The molecule has 1 heterocycles. The smallest absolute Gasteiger partial charge is 0.306 e. The van der Waals surface area contributed by atoms with Crippen molar-refractivity contribution in [2.45, 2.75) is 31.3 Å². The van der Waals surface area contributed by atoms with E-state index in [1.165, 1.54) is 12.1 Å². The molecule has 1 aliphatic heterocycles. The zero-order valence-electron chi connectivity index (χ0n) is 15.6. The molecule has 3 rings (SSSR count). The summed E-state index contributed by atoms with van der Waals surface area (Å²) < 4.78 is 43.2. The average molecular weight is 405 g/mol. The van der Waals surface area contributed by atoms with E-state index >= 15 is 0 Å². The monoisotopic (exact) mass is 405 g/mol. The first-order valence-corrected chi connectivity index (χ1v) is 10.5. The van der Waals surface area contributed by atoms with E-state index in [4.69, 9.17) is 14.2 Å². The molecular weight excluding hydrogens is 382 g/mol. The van der Waals surface area contributed by atoms with E-state index in [0.29, 0.717) is 31.1 Å². The minimum atomic E-state index is -3.69. The van der Waals surface area contributed by atoms with Crippen molar-refractivity contribution in [2.24, 2.45) is 0 Å². The Morgan fingerprint density at radius 3 is 2.54 bits per heavy atom. The van der Waals surface area contributed by atoms with Crippen molar-refractivity contribution in [2.75, 3.05) is 19.8 Å². The Morgan fingerprint density at radius 1 is 1.07 bits per heavy atom. The van der Waals surface area contributed by atoms with Crippen LogP contribution in [-0.4, -0.2) is 34.1 Å². The highest BCUT2D eigenvalue weighted by molar-refractivity contribution is 7.89. The molecule has 0 aromatic heterocycles. The second-order valence-electron chi connectivity index (χ2n) is 6.45. The summed E-state index contributed by atoms with van der Waals surface area (Å²) in [5.41, 5.74) is 2.05. The number of benzene rings is 2. The first-order valence-electron chi connectivity index (χ1n) is 9.04. The van der Waals surface area contributed by atoms with Gasteiger partial charge in [0, 0.05) is 19.0 Å². The number of sulfonamides is 1. The first kappa shape index (κ1) is 20.2. The molecular formula is C20H23NO6S. The summed E-state index contributed by atoms with van der Waals surface area (Å²) in [4.78, 5) is 11.9. The molecule has 0 radical (unpaired) electrons. The van der Waals surface area contributed by atoms with Gasteiger partial charge in [0.05, 0.1) is 4.90 Å². The summed E-state index contributed by atoms with van der Waals surface area (Å²) in [7, 11) is -3.69. The summed E-state index contributed by atoms with van der Waals surface area (Å²) in [6, 6.07) is 12.2. The molecule has 0 bridgehead atoms. The lowest BCUT2D eigenvalue weighted by Crippen LogP contribution is -2.25. The van der Waals surface area contributed by atoms with Crippen LogP contribution in [0, 0.1) is 6.92 Å². The number of nitrogens with one attached hydrogen (secondary N) is 1. The molecule has 7 nitrogen and oxygen atoms in total. The van der Waals surface area contributed by atoms with Crippen molar-refractivity contribution in [3.8, 4) is 11.5 Å². The normalized spacial score (nSPS) is 13.2. The van der Waals surface area contributed by atoms with Crippen molar-refractivity contribution in [3.63, 3.8) is 0 Å². The Bertz CT molecular complexity index is 924. The highest BCUT2D eigenvalue weighted by atomic mass is 32.2. The predicted molar refractivity (Wildman–Crippen MR) is 103 cm³/mol. The number of hydrogen-bond donors (Lipinski definition) is 1. The van der Waals surface area contributed by atoms with E-state index < -0.39 is 10.0 Å². The summed E-state index contributed by atoms with van der Waals surface area (Å²) in [5.74, 6) is 0.578. The highest BCUT2D eigenvalue weighted by Crippen LogP contribution is 2.32. The van der Waals surface area contributed by atoms with Gasteiger partial charge >= 0.3 is 5.97 Å². The Morgan fingerprint density at radius 2 is 1.79 bits per heavy atom. The van der Waals surface area contributed by atoms with E-state index in [1.807, 2.05) is 31.2 Å². The summed E-state index contributed by atoms with van der Waals surface area (Å²) >= 11 is 0. The highest BCUT2D eigenvalue weighted by Gasteiger charge is 2.19. The molecule has 0 spiro atoms. The number of ether oxygens (including phenoxy) is 3. The van der Waals surface area contributed by atoms with Crippen LogP contribution in [-0.2, 0) is 26.2 Å². The number of carbonyl (C=O) groups is 1. The second-order valence-corrected chi connectivity index (χ2v) is 8.22. The van der Waals surface area contributed by atoms with Crippen LogP contribution in [0.1, 0.15) is 24.0 Å². The maximum absolute atomic E-state index is 12.4. The van der Waals surface area contributed by atoms with Crippen LogP contribution in [0.25, 0.3) is 0 Å². The van der Waals surface area contributed by atoms with E-state index in [1.54, 1.807) is 6.07 Å². The third-order valence-corrected chi connectivity index (χ3v) is 5.65. The Hall–Kier alpha value is -2.58.